The Labute approximate surface area is 173 Å². The van der Waals surface area contributed by atoms with Crippen molar-refractivity contribution in [2.45, 2.75) is 45.7 Å². The Morgan fingerprint density at radius 3 is 2.76 bits per heavy atom. The Morgan fingerprint density at radius 1 is 1.31 bits per heavy atom. The molecule has 0 saturated carbocycles. The van der Waals surface area contributed by atoms with Crippen molar-refractivity contribution in [3.8, 4) is 0 Å². The molecule has 154 valence electrons. The third kappa shape index (κ3) is 4.38. The van der Waals surface area contributed by atoms with E-state index in [0.717, 1.165) is 43.0 Å². The van der Waals surface area contributed by atoms with E-state index in [9.17, 15) is 9.59 Å². The van der Waals surface area contributed by atoms with Gasteiger partial charge in [-0.1, -0.05) is 0 Å². The van der Waals surface area contributed by atoms with Crippen LogP contribution in [0.1, 0.15) is 36.2 Å². The number of nitrogens with one attached hydrogen (secondary N) is 2. The predicted molar refractivity (Wildman–Crippen MR) is 111 cm³/mol. The maximum atomic E-state index is 12.6. The first-order chi connectivity index (χ1) is 13.8. The Hall–Kier alpha value is -2.59. The molecule has 4 rings (SSSR count). The molecule has 2 N–H and O–H groups in total. The van der Waals surface area contributed by atoms with E-state index in [-0.39, 0.29) is 17.5 Å². The molecule has 0 atom stereocenters. The second kappa shape index (κ2) is 7.68. The second-order valence-corrected chi connectivity index (χ2v) is 8.92. The van der Waals surface area contributed by atoms with Crippen LogP contribution in [0.5, 0.6) is 0 Å². The van der Waals surface area contributed by atoms with Crippen molar-refractivity contribution in [1.82, 2.24) is 25.2 Å². The Balaban J connectivity index is 1.37. The third-order valence-corrected chi connectivity index (χ3v) is 6.23. The standard InChI is InChI=1S/C19H25N7O2S/c1-12-8-16(22-13(2)21-12)26-11-19(24-18(26)28)4-6-25(7-5-19)10-15-9-20-17(29-15)23-14(3)27/h8-9H,4-7,10-11H2,1-3H3,(H,24,28)(H,20,23,27). The summed E-state index contributed by atoms with van der Waals surface area (Å²) in [4.78, 5) is 42.0. The zero-order chi connectivity index (χ0) is 20.6. The van der Waals surface area contributed by atoms with Crippen molar-refractivity contribution in [3.63, 3.8) is 0 Å². The van der Waals surface area contributed by atoms with E-state index in [4.69, 9.17) is 0 Å². The number of aromatic nitrogens is 3. The van der Waals surface area contributed by atoms with Gasteiger partial charge in [-0.15, -0.1) is 11.3 Å². The van der Waals surface area contributed by atoms with Gasteiger partial charge in [0.25, 0.3) is 0 Å². The first-order valence-electron chi connectivity index (χ1n) is 9.69. The van der Waals surface area contributed by atoms with Crippen molar-refractivity contribution in [2.75, 3.05) is 29.9 Å². The van der Waals surface area contributed by atoms with Crippen molar-refractivity contribution in [1.29, 1.82) is 0 Å². The van der Waals surface area contributed by atoms with Crippen molar-refractivity contribution >= 4 is 34.2 Å². The first kappa shape index (κ1) is 19.7. The van der Waals surface area contributed by atoms with E-state index in [1.165, 1.54) is 18.3 Å². The summed E-state index contributed by atoms with van der Waals surface area (Å²) in [6, 6.07) is 1.77. The monoisotopic (exact) mass is 415 g/mol. The minimum atomic E-state index is -0.213. The molecule has 0 bridgehead atoms. The van der Waals surface area contributed by atoms with Gasteiger partial charge in [0.15, 0.2) is 5.13 Å². The summed E-state index contributed by atoms with van der Waals surface area (Å²) in [5.74, 6) is 1.23. The smallest absolute Gasteiger partial charge is 0.323 e. The van der Waals surface area contributed by atoms with Crippen LogP contribution in [0.25, 0.3) is 0 Å². The molecule has 2 fully saturated rings. The Bertz CT molecular complexity index is 916. The Kier molecular flexibility index (Phi) is 5.22. The van der Waals surface area contributed by atoms with Gasteiger partial charge in [-0.3, -0.25) is 14.6 Å². The summed E-state index contributed by atoms with van der Waals surface area (Å²) >= 11 is 1.50. The van der Waals surface area contributed by atoms with Crippen LogP contribution in [0.3, 0.4) is 0 Å². The molecule has 0 aromatic carbocycles. The molecule has 2 aromatic heterocycles. The number of anilines is 2. The molecule has 1 spiro atoms. The average molecular weight is 416 g/mol. The molecule has 0 aliphatic carbocycles. The van der Waals surface area contributed by atoms with Crippen molar-refractivity contribution in [2.24, 2.45) is 0 Å². The van der Waals surface area contributed by atoms with E-state index in [0.29, 0.717) is 23.3 Å². The van der Waals surface area contributed by atoms with Crippen molar-refractivity contribution < 1.29 is 9.59 Å². The number of likely N-dealkylation sites (tertiary alicyclic amines) is 1. The van der Waals surface area contributed by atoms with Crippen molar-refractivity contribution in [3.05, 3.63) is 28.7 Å². The van der Waals surface area contributed by atoms with Gasteiger partial charge in [-0.05, 0) is 26.7 Å². The fourth-order valence-electron chi connectivity index (χ4n) is 3.96. The topological polar surface area (TPSA) is 103 Å². The molecule has 29 heavy (non-hydrogen) atoms. The molecule has 9 nitrogen and oxygen atoms in total. The van der Waals surface area contributed by atoms with Gasteiger partial charge in [0.1, 0.15) is 11.6 Å². The number of hydrogen-bond acceptors (Lipinski definition) is 7. The number of piperidine rings is 1. The molecule has 2 aliphatic heterocycles. The lowest BCUT2D eigenvalue weighted by atomic mass is 9.88. The minimum absolute atomic E-state index is 0.0849. The number of rotatable bonds is 4. The normalized spacial score (nSPS) is 18.9. The molecule has 0 unspecified atom stereocenters. The number of nitrogens with zero attached hydrogens (tertiary/aromatic N) is 5. The highest BCUT2D eigenvalue weighted by molar-refractivity contribution is 7.15. The lowest BCUT2D eigenvalue weighted by Gasteiger charge is -2.38. The zero-order valence-electron chi connectivity index (χ0n) is 16.9. The van der Waals surface area contributed by atoms with E-state index >= 15 is 0 Å². The summed E-state index contributed by atoms with van der Waals surface area (Å²) in [7, 11) is 0. The highest BCUT2D eigenvalue weighted by Gasteiger charge is 2.45. The number of hydrogen-bond donors (Lipinski definition) is 2. The number of carbonyl (C=O) groups excluding carboxylic acids is 2. The van der Waals surface area contributed by atoms with Crippen LogP contribution in [0.4, 0.5) is 15.7 Å². The van der Waals surface area contributed by atoms with E-state index in [1.54, 1.807) is 4.90 Å². The largest absolute Gasteiger partial charge is 0.330 e. The molecular formula is C19H25N7O2S. The maximum Gasteiger partial charge on any atom is 0.323 e. The number of amides is 3. The third-order valence-electron chi connectivity index (χ3n) is 5.34. The number of thiazole rings is 1. The van der Waals surface area contributed by atoms with E-state index in [1.807, 2.05) is 26.1 Å². The van der Waals surface area contributed by atoms with Gasteiger partial charge in [-0.2, -0.15) is 0 Å². The quantitative estimate of drug-likeness (QED) is 0.792. The fraction of sp³-hybridized carbons (Fsp3) is 0.526. The van der Waals surface area contributed by atoms with Gasteiger partial charge in [0, 0.05) is 49.4 Å². The Morgan fingerprint density at radius 2 is 2.07 bits per heavy atom. The number of aryl methyl sites for hydroxylation is 2. The van der Waals surface area contributed by atoms with Crippen LogP contribution in [0, 0.1) is 13.8 Å². The van der Waals surface area contributed by atoms with Gasteiger partial charge in [-0.25, -0.2) is 19.7 Å². The molecule has 2 saturated heterocycles. The lowest BCUT2D eigenvalue weighted by Crippen LogP contribution is -2.52. The maximum absolute atomic E-state index is 12.6. The molecular weight excluding hydrogens is 390 g/mol. The number of urea groups is 1. The van der Waals surface area contributed by atoms with E-state index < -0.39 is 0 Å². The van der Waals surface area contributed by atoms with Gasteiger partial charge in [0.05, 0.1) is 12.1 Å². The van der Waals surface area contributed by atoms with Gasteiger partial charge < -0.3 is 10.6 Å². The molecule has 2 aromatic rings. The molecule has 4 heterocycles. The molecule has 0 radical (unpaired) electrons. The summed E-state index contributed by atoms with van der Waals surface area (Å²) in [6.45, 7) is 8.45. The summed E-state index contributed by atoms with van der Waals surface area (Å²) in [6.07, 6.45) is 3.59. The minimum Gasteiger partial charge on any atom is -0.330 e. The zero-order valence-corrected chi connectivity index (χ0v) is 17.7. The van der Waals surface area contributed by atoms with Crippen LogP contribution < -0.4 is 15.5 Å². The number of carbonyl (C=O) groups is 2. The SMILES string of the molecule is CC(=O)Nc1ncc(CN2CCC3(CC2)CN(c2cc(C)nc(C)n2)C(=O)N3)s1. The van der Waals surface area contributed by atoms with Crippen LogP contribution in [0.2, 0.25) is 0 Å². The summed E-state index contributed by atoms with van der Waals surface area (Å²) in [5, 5.41) is 6.57. The molecule has 2 aliphatic rings. The van der Waals surface area contributed by atoms with Crippen LogP contribution >= 0.6 is 11.3 Å². The summed E-state index contributed by atoms with van der Waals surface area (Å²) < 4.78 is 0. The first-order valence-corrected chi connectivity index (χ1v) is 10.5. The van der Waals surface area contributed by atoms with Crippen LogP contribution in [-0.2, 0) is 11.3 Å². The van der Waals surface area contributed by atoms with Gasteiger partial charge >= 0.3 is 6.03 Å². The highest BCUT2D eigenvalue weighted by Crippen LogP contribution is 2.31. The van der Waals surface area contributed by atoms with Crippen LogP contribution in [-0.4, -0.2) is 57.0 Å². The lowest BCUT2D eigenvalue weighted by molar-refractivity contribution is -0.114. The van der Waals surface area contributed by atoms with E-state index in [2.05, 4.69) is 30.5 Å². The predicted octanol–water partition coefficient (Wildman–Crippen LogP) is 2.07. The molecule has 3 amide bonds. The summed E-state index contributed by atoms with van der Waals surface area (Å²) in [5.41, 5.74) is 0.648. The van der Waals surface area contributed by atoms with Gasteiger partial charge in [0.2, 0.25) is 5.91 Å². The fourth-order valence-corrected chi connectivity index (χ4v) is 4.86. The average Bonchev–Trinajstić information content (AvgIpc) is 3.20. The highest BCUT2D eigenvalue weighted by atomic mass is 32.1. The second-order valence-electron chi connectivity index (χ2n) is 7.80. The van der Waals surface area contributed by atoms with Crippen LogP contribution in [0.15, 0.2) is 12.3 Å². The molecule has 10 heteroatoms.